The number of ether oxygens (including phenoxy) is 8. The maximum atomic E-state index is 12.9. The van der Waals surface area contributed by atoms with Crippen LogP contribution in [0.3, 0.4) is 0 Å². The molecule has 0 saturated heterocycles. The molecule has 0 bridgehead atoms. The van der Waals surface area contributed by atoms with Gasteiger partial charge in [-0.2, -0.15) is 0 Å². The molecule has 4 aromatic carbocycles. The molecule has 0 aromatic heterocycles. The van der Waals surface area contributed by atoms with Crippen molar-refractivity contribution in [2.45, 2.75) is 71.1 Å². The molecule has 0 saturated carbocycles. The number of esters is 5. The summed E-state index contributed by atoms with van der Waals surface area (Å²) in [5.41, 5.74) is 1.73. The first-order valence-electron chi connectivity index (χ1n) is 21.1. The summed E-state index contributed by atoms with van der Waals surface area (Å²) in [6.45, 7) is 11.0. The summed E-state index contributed by atoms with van der Waals surface area (Å²) in [7, 11) is 0. The summed E-state index contributed by atoms with van der Waals surface area (Å²) in [4.78, 5) is 60.2. The van der Waals surface area contributed by atoms with Gasteiger partial charge in [0.15, 0.2) is 0 Å². The number of benzene rings is 4. The lowest BCUT2D eigenvalue weighted by Gasteiger charge is -2.11. The van der Waals surface area contributed by atoms with Crippen LogP contribution in [0.15, 0.2) is 116 Å². The van der Waals surface area contributed by atoms with Crippen molar-refractivity contribution in [1.29, 1.82) is 0 Å². The van der Waals surface area contributed by atoms with E-state index in [9.17, 15) is 24.0 Å². The smallest absolute Gasteiger partial charge is 0.343 e. The minimum Gasteiger partial charge on any atom is -0.494 e. The van der Waals surface area contributed by atoms with Crippen LogP contribution in [-0.2, 0) is 23.8 Å². The van der Waals surface area contributed by atoms with Gasteiger partial charge < -0.3 is 37.9 Å². The Morgan fingerprint density at radius 2 is 0.762 bits per heavy atom. The zero-order valence-electron chi connectivity index (χ0n) is 35.9. The van der Waals surface area contributed by atoms with E-state index in [0.29, 0.717) is 96.9 Å². The fourth-order valence-electron chi connectivity index (χ4n) is 5.79. The van der Waals surface area contributed by atoms with Gasteiger partial charge in [-0.3, -0.25) is 0 Å². The van der Waals surface area contributed by atoms with Crippen LogP contribution >= 0.6 is 0 Å². The van der Waals surface area contributed by atoms with Crippen LogP contribution in [0, 0.1) is 6.92 Å². The number of carbonyl (C=O) groups excluding carboxylic acids is 5. The van der Waals surface area contributed by atoms with Crippen LogP contribution < -0.4 is 23.7 Å². The van der Waals surface area contributed by atoms with Crippen molar-refractivity contribution in [1.82, 2.24) is 0 Å². The van der Waals surface area contributed by atoms with Gasteiger partial charge in [0.05, 0.1) is 56.3 Å². The molecule has 0 fully saturated rings. The van der Waals surface area contributed by atoms with E-state index in [1.54, 1.807) is 97.9 Å². The van der Waals surface area contributed by atoms with E-state index in [1.165, 1.54) is 0 Å². The summed E-state index contributed by atoms with van der Waals surface area (Å²) >= 11 is 0. The van der Waals surface area contributed by atoms with Crippen LogP contribution in [0.25, 0.3) is 0 Å². The molecule has 63 heavy (non-hydrogen) atoms. The normalized spacial score (nSPS) is 10.5. The Morgan fingerprint density at radius 3 is 1.19 bits per heavy atom. The van der Waals surface area contributed by atoms with Gasteiger partial charge in [-0.1, -0.05) is 13.2 Å². The third kappa shape index (κ3) is 18.7. The maximum absolute atomic E-state index is 12.9. The lowest BCUT2D eigenvalue weighted by molar-refractivity contribution is -0.138. The predicted octanol–water partition coefficient (Wildman–Crippen LogP) is 9.79. The van der Waals surface area contributed by atoms with Crippen molar-refractivity contribution in [2.75, 3.05) is 39.6 Å². The van der Waals surface area contributed by atoms with E-state index >= 15 is 0 Å². The highest BCUT2D eigenvalue weighted by Crippen LogP contribution is 2.26. The van der Waals surface area contributed by atoms with Crippen molar-refractivity contribution >= 4 is 29.8 Å². The molecule has 0 spiro atoms. The van der Waals surface area contributed by atoms with Gasteiger partial charge >= 0.3 is 29.8 Å². The van der Waals surface area contributed by atoms with Gasteiger partial charge in [0.25, 0.3) is 0 Å². The van der Waals surface area contributed by atoms with E-state index in [4.69, 9.17) is 37.9 Å². The lowest BCUT2D eigenvalue weighted by atomic mass is 10.2. The third-order valence-electron chi connectivity index (χ3n) is 9.31. The molecule has 0 aliphatic rings. The second kappa shape index (κ2) is 27.9. The molecule has 0 N–H and O–H groups in total. The molecule has 0 radical (unpaired) electrons. The van der Waals surface area contributed by atoms with Crippen molar-refractivity contribution in [3.63, 3.8) is 0 Å². The number of unbranched alkanes of at least 4 members (excludes halogenated alkanes) is 7. The van der Waals surface area contributed by atoms with Gasteiger partial charge in [0.1, 0.15) is 28.7 Å². The Labute approximate surface area is 368 Å². The first-order valence-corrected chi connectivity index (χ1v) is 21.1. The van der Waals surface area contributed by atoms with Gasteiger partial charge in [-0.25, -0.2) is 24.0 Å². The van der Waals surface area contributed by atoms with E-state index in [2.05, 4.69) is 13.2 Å². The first-order chi connectivity index (χ1) is 30.6. The Hall–Kier alpha value is -6.89. The molecular formula is C50H56O13. The van der Waals surface area contributed by atoms with Crippen LogP contribution in [0.5, 0.6) is 28.7 Å². The van der Waals surface area contributed by atoms with Crippen molar-refractivity contribution in [3.05, 3.63) is 139 Å². The minimum atomic E-state index is -0.558. The Morgan fingerprint density at radius 1 is 0.413 bits per heavy atom. The number of carbonyl (C=O) groups is 5. The first kappa shape index (κ1) is 48.8. The summed E-state index contributed by atoms with van der Waals surface area (Å²) in [5.74, 6) is 0.192. The predicted molar refractivity (Wildman–Crippen MR) is 236 cm³/mol. The SMILES string of the molecule is C=CC(=O)OCCCCCCOc1ccc(C(=O)OCCCCOc2ccc(C(=O)Oc3ccc(OC(=O)c4ccc(OCCCCCCOC(=O)C=C)cc4)c(C)c3)cc2)cc1. The van der Waals surface area contributed by atoms with Crippen LogP contribution in [0.1, 0.15) is 101 Å². The second-order valence-electron chi connectivity index (χ2n) is 14.2. The average Bonchev–Trinajstić information content (AvgIpc) is 3.30. The number of hydrogen-bond acceptors (Lipinski definition) is 13. The van der Waals surface area contributed by atoms with E-state index in [1.807, 2.05) is 0 Å². The lowest BCUT2D eigenvalue weighted by Crippen LogP contribution is -2.11. The Balaban J connectivity index is 1.06. The molecule has 0 amide bonds. The molecule has 0 aliphatic heterocycles. The summed E-state index contributed by atoms with van der Waals surface area (Å²) < 4.78 is 43.8. The van der Waals surface area contributed by atoms with Crippen molar-refractivity contribution in [2.24, 2.45) is 0 Å². The van der Waals surface area contributed by atoms with Crippen LogP contribution in [0.4, 0.5) is 0 Å². The number of rotatable bonds is 29. The molecule has 0 atom stereocenters. The molecular weight excluding hydrogens is 809 g/mol. The van der Waals surface area contributed by atoms with Crippen molar-refractivity contribution < 1.29 is 61.9 Å². The molecule has 0 unspecified atom stereocenters. The molecule has 334 valence electrons. The average molecular weight is 865 g/mol. The third-order valence-corrected chi connectivity index (χ3v) is 9.31. The van der Waals surface area contributed by atoms with Gasteiger partial charge in [-0.15, -0.1) is 0 Å². The Bertz CT molecular complexity index is 2070. The summed E-state index contributed by atoms with van der Waals surface area (Å²) in [6, 6.07) is 24.9. The van der Waals surface area contributed by atoms with E-state index < -0.39 is 29.8 Å². The van der Waals surface area contributed by atoms with E-state index in [-0.39, 0.29) is 6.61 Å². The highest BCUT2D eigenvalue weighted by molar-refractivity contribution is 5.92. The zero-order chi connectivity index (χ0) is 45.1. The molecule has 13 heteroatoms. The monoisotopic (exact) mass is 864 g/mol. The highest BCUT2D eigenvalue weighted by atomic mass is 16.6. The fourth-order valence-corrected chi connectivity index (χ4v) is 5.79. The summed E-state index contributed by atoms with van der Waals surface area (Å²) in [6.07, 6.45) is 10.6. The molecule has 0 aliphatic carbocycles. The van der Waals surface area contributed by atoms with Gasteiger partial charge in [0, 0.05) is 12.2 Å². The number of hydrogen-bond donors (Lipinski definition) is 0. The Kier molecular flexibility index (Phi) is 21.6. The van der Waals surface area contributed by atoms with Crippen LogP contribution in [-0.4, -0.2) is 69.5 Å². The fraction of sp³-hybridized carbons (Fsp3) is 0.340. The molecule has 4 aromatic rings. The summed E-state index contributed by atoms with van der Waals surface area (Å²) in [5, 5.41) is 0. The van der Waals surface area contributed by atoms with Gasteiger partial charge in [0.2, 0.25) is 0 Å². The molecule has 0 heterocycles. The van der Waals surface area contributed by atoms with Crippen molar-refractivity contribution in [3.8, 4) is 28.7 Å². The van der Waals surface area contributed by atoms with E-state index in [0.717, 1.165) is 63.5 Å². The minimum absolute atomic E-state index is 0.244. The largest absolute Gasteiger partial charge is 0.494 e. The second-order valence-corrected chi connectivity index (χ2v) is 14.2. The topological polar surface area (TPSA) is 159 Å². The molecule has 4 rings (SSSR count). The van der Waals surface area contributed by atoms with Gasteiger partial charge in [-0.05, 0) is 168 Å². The highest BCUT2D eigenvalue weighted by Gasteiger charge is 2.14. The molecule has 13 nitrogen and oxygen atoms in total. The number of aryl methyl sites for hydroxylation is 1. The standard InChI is InChI=1S/C50H56O13/c1-4-46(51)59-33-12-8-6-10-30-56-41-22-16-38(17-23-41)48(53)61-35-15-14-32-58-43-24-18-39(19-25-43)49(54)62-44-28-29-45(37(3)36-44)63-50(55)40-20-26-42(27-21-40)57-31-11-7-9-13-34-60-47(52)5-2/h4-5,16-29,36H,1-2,6-15,30-35H2,3H3. The zero-order valence-corrected chi connectivity index (χ0v) is 35.9. The maximum Gasteiger partial charge on any atom is 0.343 e. The van der Waals surface area contributed by atoms with Crippen LogP contribution in [0.2, 0.25) is 0 Å². The quantitative estimate of drug-likeness (QED) is 0.0167.